The van der Waals surface area contributed by atoms with Gasteiger partial charge in [-0.05, 0) is 30.3 Å². The van der Waals surface area contributed by atoms with E-state index in [4.69, 9.17) is 9.47 Å². The SMILES string of the molecule is O=C(Nc1ccccc1)c1cncc(C(=O)Nc2ccc3c(c2)OCO3)c1. The third kappa shape index (κ3) is 3.72. The van der Waals surface area contributed by atoms with E-state index in [1.807, 2.05) is 18.2 Å². The molecule has 1 aromatic heterocycles. The van der Waals surface area contributed by atoms with E-state index in [0.29, 0.717) is 22.9 Å². The highest BCUT2D eigenvalue weighted by Crippen LogP contribution is 2.34. The van der Waals surface area contributed by atoms with E-state index < -0.39 is 0 Å². The molecule has 0 atom stereocenters. The van der Waals surface area contributed by atoms with Crippen molar-refractivity contribution in [1.29, 1.82) is 0 Å². The minimum absolute atomic E-state index is 0.162. The first-order chi connectivity index (χ1) is 13.2. The van der Waals surface area contributed by atoms with Gasteiger partial charge in [0.05, 0.1) is 11.1 Å². The summed E-state index contributed by atoms with van der Waals surface area (Å²) in [5.74, 6) is 0.485. The molecule has 2 N–H and O–H groups in total. The van der Waals surface area contributed by atoms with Gasteiger partial charge in [-0.25, -0.2) is 0 Å². The molecule has 27 heavy (non-hydrogen) atoms. The van der Waals surface area contributed by atoms with E-state index in [9.17, 15) is 9.59 Å². The maximum atomic E-state index is 12.5. The summed E-state index contributed by atoms with van der Waals surface area (Å²) >= 11 is 0. The Morgan fingerprint density at radius 2 is 1.44 bits per heavy atom. The third-order valence-corrected chi connectivity index (χ3v) is 3.92. The number of anilines is 2. The van der Waals surface area contributed by atoms with Crippen LogP contribution in [0.15, 0.2) is 67.0 Å². The van der Waals surface area contributed by atoms with Crippen LogP contribution in [-0.2, 0) is 0 Å². The second kappa shape index (κ2) is 7.17. The van der Waals surface area contributed by atoms with Crippen LogP contribution in [0.5, 0.6) is 11.5 Å². The molecule has 134 valence electrons. The van der Waals surface area contributed by atoms with Crippen LogP contribution in [-0.4, -0.2) is 23.6 Å². The van der Waals surface area contributed by atoms with Gasteiger partial charge in [0.25, 0.3) is 11.8 Å². The summed E-state index contributed by atoms with van der Waals surface area (Å²) in [6.07, 6.45) is 2.82. The van der Waals surface area contributed by atoms with Crippen molar-refractivity contribution in [3.63, 3.8) is 0 Å². The number of para-hydroxylation sites is 1. The predicted molar refractivity (Wildman–Crippen MR) is 99.2 cm³/mol. The summed E-state index contributed by atoms with van der Waals surface area (Å²) in [7, 11) is 0. The second-order valence-electron chi connectivity index (χ2n) is 5.80. The molecule has 0 aliphatic carbocycles. The van der Waals surface area contributed by atoms with Crippen LogP contribution in [0.2, 0.25) is 0 Å². The van der Waals surface area contributed by atoms with Crippen molar-refractivity contribution in [3.8, 4) is 11.5 Å². The largest absolute Gasteiger partial charge is 0.454 e. The standard InChI is InChI=1S/C20H15N3O4/c24-19(22-15-4-2-1-3-5-15)13-8-14(11-21-10-13)20(25)23-16-6-7-17-18(9-16)27-12-26-17/h1-11H,12H2,(H,22,24)(H,23,25). The normalized spacial score (nSPS) is 11.7. The molecule has 2 aromatic carbocycles. The van der Waals surface area contributed by atoms with Gasteiger partial charge in [0.15, 0.2) is 11.5 Å². The first-order valence-electron chi connectivity index (χ1n) is 8.21. The molecular weight excluding hydrogens is 346 g/mol. The maximum Gasteiger partial charge on any atom is 0.257 e. The molecule has 0 saturated heterocycles. The molecular formula is C20H15N3O4. The van der Waals surface area contributed by atoms with Gasteiger partial charge >= 0.3 is 0 Å². The summed E-state index contributed by atoms with van der Waals surface area (Å²) < 4.78 is 10.5. The van der Waals surface area contributed by atoms with Crippen LogP contribution in [0.1, 0.15) is 20.7 Å². The lowest BCUT2D eigenvalue weighted by atomic mass is 10.1. The van der Waals surface area contributed by atoms with Crippen molar-refractivity contribution in [2.45, 2.75) is 0 Å². The zero-order chi connectivity index (χ0) is 18.6. The van der Waals surface area contributed by atoms with E-state index in [1.54, 1.807) is 30.3 Å². The number of aromatic nitrogens is 1. The number of carbonyl (C=O) groups is 2. The Bertz CT molecular complexity index is 1010. The van der Waals surface area contributed by atoms with E-state index >= 15 is 0 Å². The van der Waals surface area contributed by atoms with Crippen LogP contribution < -0.4 is 20.1 Å². The van der Waals surface area contributed by atoms with Gasteiger partial charge in [-0.1, -0.05) is 18.2 Å². The number of nitrogens with one attached hydrogen (secondary N) is 2. The molecule has 0 saturated carbocycles. The average molecular weight is 361 g/mol. The molecule has 2 heterocycles. The number of hydrogen-bond donors (Lipinski definition) is 2. The molecule has 2 amide bonds. The highest BCUT2D eigenvalue weighted by Gasteiger charge is 2.16. The summed E-state index contributed by atoms with van der Waals surface area (Å²) in [5.41, 5.74) is 1.78. The molecule has 7 nitrogen and oxygen atoms in total. The lowest BCUT2D eigenvalue weighted by molar-refractivity contribution is 0.102. The van der Waals surface area contributed by atoms with Crippen molar-refractivity contribution in [3.05, 3.63) is 78.1 Å². The fraction of sp³-hybridized carbons (Fsp3) is 0.0500. The van der Waals surface area contributed by atoms with Crippen molar-refractivity contribution in [2.75, 3.05) is 17.4 Å². The monoisotopic (exact) mass is 361 g/mol. The topological polar surface area (TPSA) is 89.6 Å². The van der Waals surface area contributed by atoms with Crippen molar-refractivity contribution < 1.29 is 19.1 Å². The van der Waals surface area contributed by atoms with Crippen LogP contribution >= 0.6 is 0 Å². The molecule has 3 aromatic rings. The van der Waals surface area contributed by atoms with E-state index in [0.717, 1.165) is 0 Å². The lowest BCUT2D eigenvalue weighted by Gasteiger charge is -2.08. The number of pyridine rings is 1. The molecule has 7 heteroatoms. The van der Waals surface area contributed by atoms with E-state index in [2.05, 4.69) is 15.6 Å². The van der Waals surface area contributed by atoms with Crippen LogP contribution in [0.3, 0.4) is 0 Å². The minimum atomic E-state index is -0.379. The Labute approximate surface area is 155 Å². The van der Waals surface area contributed by atoms with Crippen molar-refractivity contribution >= 4 is 23.2 Å². The number of fused-ring (bicyclic) bond motifs is 1. The summed E-state index contributed by atoms with van der Waals surface area (Å²) in [4.78, 5) is 28.9. The fourth-order valence-corrected chi connectivity index (χ4v) is 2.59. The van der Waals surface area contributed by atoms with Crippen molar-refractivity contribution in [1.82, 2.24) is 4.98 Å². The van der Waals surface area contributed by atoms with Crippen LogP contribution in [0.25, 0.3) is 0 Å². The average Bonchev–Trinajstić information content (AvgIpc) is 3.16. The van der Waals surface area contributed by atoms with Gasteiger partial charge in [0.2, 0.25) is 6.79 Å². The summed E-state index contributed by atoms with van der Waals surface area (Å²) in [5, 5.41) is 5.52. The zero-order valence-corrected chi connectivity index (χ0v) is 14.1. The minimum Gasteiger partial charge on any atom is -0.454 e. The number of carbonyl (C=O) groups excluding carboxylic acids is 2. The van der Waals surface area contributed by atoms with Gasteiger partial charge in [0.1, 0.15) is 0 Å². The number of amides is 2. The molecule has 1 aliphatic heterocycles. The fourth-order valence-electron chi connectivity index (χ4n) is 2.59. The highest BCUT2D eigenvalue weighted by molar-refractivity contribution is 6.08. The van der Waals surface area contributed by atoms with Gasteiger partial charge in [-0.15, -0.1) is 0 Å². The Morgan fingerprint density at radius 1 is 0.778 bits per heavy atom. The first-order valence-corrected chi connectivity index (χ1v) is 8.21. The second-order valence-corrected chi connectivity index (χ2v) is 5.80. The summed E-state index contributed by atoms with van der Waals surface area (Å²) in [6, 6.07) is 15.7. The Hall–Kier alpha value is -3.87. The number of nitrogens with zero attached hydrogens (tertiary/aromatic N) is 1. The number of rotatable bonds is 4. The quantitative estimate of drug-likeness (QED) is 0.744. The molecule has 0 spiro atoms. The van der Waals surface area contributed by atoms with E-state index in [-0.39, 0.29) is 29.7 Å². The third-order valence-electron chi connectivity index (χ3n) is 3.92. The molecule has 0 bridgehead atoms. The molecule has 0 unspecified atom stereocenters. The number of ether oxygens (including phenoxy) is 2. The maximum absolute atomic E-state index is 12.5. The zero-order valence-electron chi connectivity index (χ0n) is 14.1. The van der Waals surface area contributed by atoms with E-state index in [1.165, 1.54) is 18.5 Å². The Balaban J connectivity index is 1.48. The molecule has 4 rings (SSSR count). The van der Waals surface area contributed by atoms with Gasteiger partial charge < -0.3 is 20.1 Å². The number of hydrogen-bond acceptors (Lipinski definition) is 5. The summed E-state index contributed by atoms with van der Waals surface area (Å²) in [6.45, 7) is 0.162. The smallest absolute Gasteiger partial charge is 0.257 e. The molecule has 1 aliphatic rings. The predicted octanol–water partition coefficient (Wildman–Crippen LogP) is 3.31. The number of benzene rings is 2. The molecule has 0 fully saturated rings. The van der Waals surface area contributed by atoms with Crippen molar-refractivity contribution in [2.24, 2.45) is 0 Å². The Kier molecular flexibility index (Phi) is 4.40. The van der Waals surface area contributed by atoms with Gasteiger partial charge in [-0.2, -0.15) is 0 Å². The highest BCUT2D eigenvalue weighted by atomic mass is 16.7. The Morgan fingerprint density at radius 3 is 2.19 bits per heavy atom. The van der Waals surface area contributed by atoms with Gasteiger partial charge in [-0.3, -0.25) is 14.6 Å². The lowest BCUT2D eigenvalue weighted by Crippen LogP contribution is -2.16. The first kappa shape index (κ1) is 16.6. The van der Waals surface area contributed by atoms with Gasteiger partial charge in [0, 0.05) is 29.8 Å². The van der Waals surface area contributed by atoms with Crippen LogP contribution in [0.4, 0.5) is 11.4 Å². The van der Waals surface area contributed by atoms with Crippen LogP contribution in [0, 0.1) is 0 Å². The molecule has 0 radical (unpaired) electrons.